The smallest absolute Gasteiger partial charge is 0.328 e. The van der Waals surface area contributed by atoms with Crippen molar-refractivity contribution in [3.8, 4) is 0 Å². The van der Waals surface area contributed by atoms with Crippen molar-refractivity contribution in [2.75, 3.05) is 19.5 Å². The lowest BCUT2D eigenvalue weighted by atomic mass is 9.92. The van der Waals surface area contributed by atoms with E-state index >= 15 is 8.78 Å². The average molecular weight is 407 g/mol. The van der Waals surface area contributed by atoms with E-state index in [1.807, 2.05) is 0 Å². The van der Waals surface area contributed by atoms with E-state index in [0.29, 0.717) is 6.07 Å². The summed E-state index contributed by atoms with van der Waals surface area (Å²) in [4.78, 5) is 14.5. The summed E-state index contributed by atoms with van der Waals surface area (Å²) in [6, 6.07) is 2.28. The van der Waals surface area contributed by atoms with Gasteiger partial charge in [0.15, 0.2) is 5.60 Å². The molecule has 11 heteroatoms. The summed E-state index contributed by atoms with van der Waals surface area (Å²) >= 11 is 0.124. The Morgan fingerprint density at radius 3 is 2.63 bits per heavy atom. The first-order valence-electron chi connectivity index (χ1n) is 7.70. The van der Waals surface area contributed by atoms with Gasteiger partial charge in [0, 0.05) is 31.4 Å². The third-order valence-corrected chi connectivity index (χ3v) is 4.77. The van der Waals surface area contributed by atoms with Crippen molar-refractivity contribution in [2.45, 2.75) is 24.3 Å². The Morgan fingerprint density at radius 1 is 1.33 bits per heavy atom. The molecule has 2 rings (SSSR count). The second kappa shape index (κ2) is 8.70. The number of alkyl halides is 2. The summed E-state index contributed by atoms with van der Waals surface area (Å²) in [5.74, 6) is -2.97. The zero-order valence-corrected chi connectivity index (χ0v) is 15.3. The maximum Gasteiger partial charge on any atom is 0.328 e. The van der Waals surface area contributed by atoms with Crippen molar-refractivity contribution in [1.82, 2.24) is 14.8 Å². The molecule has 0 saturated heterocycles. The fourth-order valence-electron chi connectivity index (χ4n) is 2.46. The molecule has 27 heavy (non-hydrogen) atoms. The van der Waals surface area contributed by atoms with Crippen LogP contribution in [0, 0.1) is 11.6 Å². The Balaban J connectivity index is 2.42. The number of carbonyl (C=O) groups is 1. The highest BCUT2D eigenvalue weighted by atomic mass is 32.2. The van der Waals surface area contributed by atoms with Crippen molar-refractivity contribution < 1.29 is 31.8 Å². The molecule has 0 aliphatic rings. The molecule has 0 aliphatic carbocycles. The van der Waals surface area contributed by atoms with Crippen LogP contribution in [0.5, 0.6) is 0 Å². The van der Waals surface area contributed by atoms with Gasteiger partial charge in [0.05, 0.1) is 6.54 Å². The zero-order valence-electron chi connectivity index (χ0n) is 14.5. The SMILES string of the molecule is COC(Cn1cncn1)(c1ccc(F)cc1F)C(F)(F)SCCOC(C)=O. The minimum atomic E-state index is -3.69. The van der Waals surface area contributed by atoms with Gasteiger partial charge in [-0.25, -0.2) is 18.4 Å². The number of hydrogen-bond acceptors (Lipinski definition) is 6. The van der Waals surface area contributed by atoms with Gasteiger partial charge >= 0.3 is 11.2 Å². The van der Waals surface area contributed by atoms with Gasteiger partial charge < -0.3 is 9.47 Å². The van der Waals surface area contributed by atoms with Crippen LogP contribution in [0.25, 0.3) is 0 Å². The zero-order chi connectivity index (χ0) is 20.1. The third kappa shape index (κ3) is 4.78. The van der Waals surface area contributed by atoms with Crippen LogP contribution >= 0.6 is 11.8 Å². The molecule has 1 aromatic heterocycles. The molecule has 1 unspecified atom stereocenters. The van der Waals surface area contributed by atoms with Crippen LogP contribution in [0.4, 0.5) is 17.6 Å². The van der Waals surface area contributed by atoms with Crippen LogP contribution in [0.1, 0.15) is 12.5 Å². The normalized spacial score (nSPS) is 14.0. The summed E-state index contributed by atoms with van der Waals surface area (Å²) in [6.07, 6.45) is 2.31. The first-order valence-corrected chi connectivity index (χ1v) is 8.68. The molecule has 6 nitrogen and oxygen atoms in total. The molecule has 1 atom stereocenters. The summed E-state index contributed by atoms with van der Waals surface area (Å²) in [5.41, 5.74) is -3.05. The summed E-state index contributed by atoms with van der Waals surface area (Å²) < 4.78 is 68.9. The minimum absolute atomic E-state index is 0.124. The average Bonchev–Trinajstić information content (AvgIpc) is 3.10. The number of aromatic nitrogens is 3. The lowest BCUT2D eigenvalue weighted by Crippen LogP contribution is -2.49. The second-order valence-electron chi connectivity index (χ2n) is 5.45. The number of rotatable bonds is 9. The molecule has 2 aromatic rings. The summed E-state index contributed by atoms with van der Waals surface area (Å²) in [5, 5.41) is 0.0840. The Morgan fingerprint density at radius 2 is 2.07 bits per heavy atom. The largest absolute Gasteiger partial charge is 0.465 e. The van der Waals surface area contributed by atoms with Gasteiger partial charge in [-0.05, 0) is 12.1 Å². The Kier molecular flexibility index (Phi) is 6.82. The van der Waals surface area contributed by atoms with Gasteiger partial charge in [-0.3, -0.25) is 4.79 Å². The van der Waals surface area contributed by atoms with E-state index in [0.717, 1.165) is 37.2 Å². The van der Waals surface area contributed by atoms with E-state index in [9.17, 15) is 13.6 Å². The lowest BCUT2D eigenvalue weighted by Gasteiger charge is -2.39. The fraction of sp³-hybridized carbons (Fsp3) is 0.438. The van der Waals surface area contributed by atoms with E-state index < -0.39 is 40.6 Å². The number of esters is 1. The Bertz CT molecular complexity index is 776. The summed E-state index contributed by atoms with van der Waals surface area (Å²) in [6.45, 7) is 0.311. The lowest BCUT2D eigenvalue weighted by molar-refractivity contribution is -0.161. The topological polar surface area (TPSA) is 66.2 Å². The second-order valence-corrected chi connectivity index (χ2v) is 6.66. The van der Waals surface area contributed by atoms with Gasteiger partial charge in [-0.1, -0.05) is 11.8 Å². The Labute approximate surface area is 156 Å². The van der Waals surface area contributed by atoms with E-state index in [4.69, 9.17) is 4.74 Å². The molecule has 0 N–H and O–H groups in total. The van der Waals surface area contributed by atoms with E-state index in [2.05, 4.69) is 14.8 Å². The molecule has 148 valence electrons. The van der Waals surface area contributed by atoms with E-state index in [1.165, 1.54) is 6.33 Å². The van der Waals surface area contributed by atoms with Gasteiger partial charge in [-0.2, -0.15) is 13.9 Å². The third-order valence-electron chi connectivity index (χ3n) is 3.71. The fourth-order valence-corrected chi connectivity index (χ4v) is 3.37. The van der Waals surface area contributed by atoms with Gasteiger partial charge in [0.2, 0.25) is 0 Å². The highest BCUT2D eigenvalue weighted by Crippen LogP contribution is 2.49. The number of ether oxygens (including phenoxy) is 2. The highest BCUT2D eigenvalue weighted by molar-refractivity contribution is 8.00. The molecule has 0 radical (unpaired) electrons. The molecule has 1 aromatic carbocycles. The van der Waals surface area contributed by atoms with Gasteiger partial charge in [0.25, 0.3) is 0 Å². The maximum absolute atomic E-state index is 15.2. The molecule has 1 heterocycles. The van der Waals surface area contributed by atoms with Crippen molar-refractivity contribution in [1.29, 1.82) is 0 Å². The first-order chi connectivity index (χ1) is 12.7. The van der Waals surface area contributed by atoms with Crippen molar-refractivity contribution in [3.05, 3.63) is 48.1 Å². The van der Waals surface area contributed by atoms with Crippen molar-refractivity contribution in [3.63, 3.8) is 0 Å². The highest BCUT2D eigenvalue weighted by Gasteiger charge is 2.58. The van der Waals surface area contributed by atoms with Crippen LogP contribution in [0.3, 0.4) is 0 Å². The molecular weight excluding hydrogens is 390 g/mol. The number of halogens is 4. The predicted molar refractivity (Wildman–Crippen MR) is 89.1 cm³/mol. The predicted octanol–water partition coefficient (Wildman–Crippen LogP) is 2.99. The molecule has 0 aliphatic heterocycles. The molecular formula is C16H17F4N3O3S. The first kappa shape index (κ1) is 21.2. The van der Waals surface area contributed by atoms with Crippen molar-refractivity contribution >= 4 is 17.7 Å². The number of benzene rings is 1. The van der Waals surface area contributed by atoms with Crippen molar-refractivity contribution in [2.24, 2.45) is 0 Å². The number of nitrogens with zero attached hydrogens (tertiary/aromatic N) is 3. The molecule has 0 amide bonds. The Hall–Kier alpha value is -2.14. The van der Waals surface area contributed by atoms with Crippen LogP contribution in [-0.4, -0.2) is 45.5 Å². The summed E-state index contributed by atoms with van der Waals surface area (Å²) in [7, 11) is 1.00. The molecule has 0 bridgehead atoms. The molecule has 0 fully saturated rings. The number of methoxy groups -OCH3 is 1. The minimum Gasteiger partial charge on any atom is -0.465 e. The van der Waals surface area contributed by atoms with Crippen LogP contribution in [-0.2, 0) is 26.4 Å². The monoisotopic (exact) mass is 407 g/mol. The molecule has 0 saturated carbocycles. The number of carbonyl (C=O) groups excluding carboxylic acids is 1. The quantitative estimate of drug-likeness (QED) is 0.362. The van der Waals surface area contributed by atoms with Crippen LogP contribution in [0.15, 0.2) is 30.9 Å². The van der Waals surface area contributed by atoms with Crippen LogP contribution < -0.4 is 0 Å². The van der Waals surface area contributed by atoms with E-state index in [-0.39, 0.29) is 24.1 Å². The van der Waals surface area contributed by atoms with E-state index in [1.54, 1.807) is 0 Å². The van der Waals surface area contributed by atoms with Gasteiger partial charge in [0.1, 0.15) is 30.9 Å². The van der Waals surface area contributed by atoms with Gasteiger partial charge in [-0.15, -0.1) is 0 Å². The number of thioether (sulfide) groups is 1. The molecule has 0 spiro atoms. The maximum atomic E-state index is 15.2. The standard InChI is InChI=1S/C16H17F4N3O3S/c1-11(24)26-5-6-27-16(19,20)15(25-2,8-23-10-21-9-22-23)13-4-3-12(17)7-14(13)18/h3-4,7,9-10H,5-6,8H2,1-2H3. The number of hydrogen-bond donors (Lipinski definition) is 0. The van der Waals surface area contributed by atoms with Crippen LogP contribution in [0.2, 0.25) is 0 Å².